The van der Waals surface area contributed by atoms with Crippen LogP contribution in [-0.2, 0) is 11.3 Å². The van der Waals surface area contributed by atoms with Crippen LogP contribution in [0.1, 0.15) is 21.6 Å². The summed E-state index contributed by atoms with van der Waals surface area (Å²) in [5.41, 5.74) is 2.27. The molecule has 0 atom stereocenters. The van der Waals surface area contributed by atoms with Crippen molar-refractivity contribution in [2.45, 2.75) is 6.54 Å². The minimum Gasteiger partial charge on any atom is -0.465 e. The number of ether oxygens (including phenoxy) is 1. The van der Waals surface area contributed by atoms with Crippen molar-refractivity contribution in [1.82, 2.24) is 4.98 Å². The van der Waals surface area contributed by atoms with Gasteiger partial charge in [-0.2, -0.15) is 5.26 Å². The highest BCUT2D eigenvalue weighted by molar-refractivity contribution is 6.30. The predicted molar refractivity (Wildman–Crippen MR) is 79.1 cm³/mol. The van der Waals surface area contributed by atoms with E-state index in [1.807, 2.05) is 0 Å². The van der Waals surface area contributed by atoms with Crippen molar-refractivity contribution in [3.8, 4) is 6.07 Å². The minimum absolute atomic E-state index is 0.390. The van der Waals surface area contributed by atoms with Crippen LogP contribution in [0, 0.1) is 11.3 Å². The third-order valence-corrected chi connectivity index (χ3v) is 3.04. The fraction of sp³-hybridized carbons (Fsp3) is 0.133. The maximum absolute atomic E-state index is 11.3. The molecule has 0 fully saturated rings. The average Bonchev–Trinajstić information content (AvgIpc) is 2.52. The minimum atomic E-state index is -0.427. The fourth-order valence-corrected chi connectivity index (χ4v) is 1.89. The molecule has 1 N–H and O–H groups in total. The number of methoxy groups -OCH3 is 1. The monoisotopic (exact) mass is 301 g/mol. The van der Waals surface area contributed by atoms with Gasteiger partial charge in [-0.3, -0.25) is 4.98 Å². The normalized spacial score (nSPS) is 9.76. The summed E-state index contributed by atoms with van der Waals surface area (Å²) in [6.07, 6.45) is 1.45. The molecule has 1 aromatic carbocycles. The van der Waals surface area contributed by atoms with Gasteiger partial charge in [0.2, 0.25) is 0 Å². The van der Waals surface area contributed by atoms with Crippen LogP contribution >= 0.6 is 11.6 Å². The highest BCUT2D eigenvalue weighted by Gasteiger charge is 2.06. The number of rotatable bonds is 4. The number of carbonyl (C=O) groups is 1. The van der Waals surface area contributed by atoms with Gasteiger partial charge in [-0.25, -0.2) is 4.79 Å². The first kappa shape index (κ1) is 14.8. The molecule has 0 spiro atoms. The van der Waals surface area contributed by atoms with E-state index in [0.29, 0.717) is 28.4 Å². The topological polar surface area (TPSA) is 75.0 Å². The molecule has 2 rings (SSSR count). The third-order valence-electron chi connectivity index (χ3n) is 2.81. The highest BCUT2D eigenvalue weighted by atomic mass is 35.5. The van der Waals surface area contributed by atoms with E-state index in [2.05, 4.69) is 21.1 Å². The van der Waals surface area contributed by atoms with Gasteiger partial charge in [0.25, 0.3) is 0 Å². The number of nitriles is 1. The molecular formula is C15H12ClN3O2. The summed E-state index contributed by atoms with van der Waals surface area (Å²) < 4.78 is 4.60. The van der Waals surface area contributed by atoms with Crippen LogP contribution in [0.5, 0.6) is 0 Å². The summed E-state index contributed by atoms with van der Waals surface area (Å²) in [6.45, 7) is 0.413. The van der Waals surface area contributed by atoms with Crippen molar-refractivity contribution in [2.75, 3.05) is 12.4 Å². The van der Waals surface area contributed by atoms with Crippen LogP contribution in [0.15, 0.2) is 36.5 Å². The van der Waals surface area contributed by atoms with E-state index in [1.54, 1.807) is 30.3 Å². The zero-order valence-electron chi connectivity index (χ0n) is 11.3. The molecule has 5 nitrogen and oxygen atoms in total. The number of hydrogen-bond acceptors (Lipinski definition) is 5. The lowest BCUT2D eigenvalue weighted by Crippen LogP contribution is -2.06. The number of hydrogen-bond donors (Lipinski definition) is 1. The van der Waals surface area contributed by atoms with Gasteiger partial charge < -0.3 is 10.1 Å². The lowest BCUT2D eigenvalue weighted by molar-refractivity contribution is 0.0600. The number of nitrogens with one attached hydrogen (secondary N) is 1. The molecule has 0 amide bonds. The lowest BCUT2D eigenvalue weighted by atomic mass is 10.2. The molecule has 0 aliphatic carbocycles. The maximum Gasteiger partial charge on any atom is 0.339 e. The molecule has 21 heavy (non-hydrogen) atoms. The first-order chi connectivity index (χ1) is 10.1. The Morgan fingerprint density at radius 1 is 1.43 bits per heavy atom. The van der Waals surface area contributed by atoms with Gasteiger partial charge >= 0.3 is 5.97 Å². The van der Waals surface area contributed by atoms with Crippen molar-refractivity contribution in [1.29, 1.82) is 5.26 Å². The van der Waals surface area contributed by atoms with E-state index in [9.17, 15) is 4.79 Å². The fourth-order valence-electron chi connectivity index (χ4n) is 1.71. The number of aromatic nitrogens is 1. The molecule has 0 unspecified atom stereocenters. The zero-order valence-corrected chi connectivity index (χ0v) is 12.0. The van der Waals surface area contributed by atoms with Crippen LogP contribution in [0.3, 0.4) is 0 Å². The van der Waals surface area contributed by atoms with Gasteiger partial charge in [0.1, 0.15) is 6.07 Å². The third kappa shape index (κ3) is 3.71. The van der Waals surface area contributed by atoms with E-state index in [-0.39, 0.29) is 0 Å². The van der Waals surface area contributed by atoms with E-state index < -0.39 is 5.97 Å². The van der Waals surface area contributed by atoms with Gasteiger partial charge in [0, 0.05) is 11.2 Å². The summed E-state index contributed by atoms with van der Waals surface area (Å²) >= 11 is 5.91. The van der Waals surface area contributed by atoms with Gasteiger partial charge in [-0.05, 0) is 30.3 Å². The number of anilines is 1. The van der Waals surface area contributed by atoms with Gasteiger partial charge in [0.05, 0.1) is 36.2 Å². The standard InChI is InChI=1S/C15H12ClN3O2/c1-21-15(20)11-3-5-13(18-8-11)9-19-14-6-12(16)4-2-10(14)7-17/h2-6,8,19H,9H2,1H3. The molecular weight excluding hydrogens is 290 g/mol. The second-order valence-corrected chi connectivity index (χ2v) is 4.62. The zero-order chi connectivity index (χ0) is 15.2. The molecule has 0 radical (unpaired) electrons. The molecule has 0 saturated carbocycles. The highest BCUT2D eigenvalue weighted by Crippen LogP contribution is 2.20. The Kier molecular flexibility index (Phi) is 4.75. The first-order valence-corrected chi connectivity index (χ1v) is 6.48. The van der Waals surface area contributed by atoms with Crippen molar-refractivity contribution in [3.05, 3.63) is 58.4 Å². The number of benzene rings is 1. The van der Waals surface area contributed by atoms with E-state index in [4.69, 9.17) is 16.9 Å². The second kappa shape index (κ2) is 6.73. The Balaban J connectivity index is 2.08. The molecule has 0 bridgehead atoms. The number of carbonyl (C=O) groups excluding carboxylic acids is 1. The van der Waals surface area contributed by atoms with Crippen LogP contribution < -0.4 is 5.32 Å². The largest absolute Gasteiger partial charge is 0.465 e. The quantitative estimate of drug-likeness (QED) is 0.879. The van der Waals surface area contributed by atoms with E-state index in [0.717, 1.165) is 5.69 Å². The summed E-state index contributed by atoms with van der Waals surface area (Å²) in [5, 5.41) is 12.7. The Hall–Kier alpha value is -2.58. The Labute approximate surface area is 127 Å². The van der Waals surface area contributed by atoms with Crippen molar-refractivity contribution >= 4 is 23.3 Å². The van der Waals surface area contributed by atoms with Crippen molar-refractivity contribution < 1.29 is 9.53 Å². The summed E-state index contributed by atoms with van der Waals surface area (Å²) in [5.74, 6) is -0.427. The number of pyridine rings is 1. The van der Waals surface area contributed by atoms with Crippen LogP contribution in [0.4, 0.5) is 5.69 Å². The van der Waals surface area contributed by atoms with Crippen LogP contribution in [0.2, 0.25) is 5.02 Å². The SMILES string of the molecule is COC(=O)c1ccc(CNc2cc(Cl)ccc2C#N)nc1. The number of nitrogens with zero attached hydrogens (tertiary/aromatic N) is 2. The Morgan fingerprint density at radius 3 is 2.86 bits per heavy atom. The maximum atomic E-state index is 11.3. The summed E-state index contributed by atoms with van der Waals surface area (Å²) in [6, 6.07) is 10.4. The van der Waals surface area contributed by atoms with E-state index in [1.165, 1.54) is 13.3 Å². The predicted octanol–water partition coefficient (Wildman–Crippen LogP) is 3.01. The van der Waals surface area contributed by atoms with Crippen molar-refractivity contribution in [3.63, 3.8) is 0 Å². The second-order valence-electron chi connectivity index (χ2n) is 4.19. The molecule has 2 aromatic rings. The first-order valence-electron chi connectivity index (χ1n) is 6.11. The van der Waals surface area contributed by atoms with E-state index >= 15 is 0 Å². The lowest BCUT2D eigenvalue weighted by Gasteiger charge is -2.08. The Bertz CT molecular complexity index is 693. The molecule has 1 heterocycles. The molecule has 0 saturated heterocycles. The van der Waals surface area contributed by atoms with Gasteiger partial charge in [-0.15, -0.1) is 0 Å². The molecule has 0 aliphatic heterocycles. The van der Waals surface area contributed by atoms with Gasteiger partial charge in [-0.1, -0.05) is 11.6 Å². The Morgan fingerprint density at radius 2 is 2.24 bits per heavy atom. The number of halogens is 1. The molecule has 106 valence electrons. The number of esters is 1. The van der Waals surface area contributed by atoms with Gasteiger partial charge in [0.15, 0.2) is 0 Å². The summed E-state index contributed by atoms with van der Waals surface area (Å²) in [4.78, 5) is 15.5. The molecule has 1 aromatic heterocycles. The van der Waals surface area contributed by atoms with Crippen LogP contribution in [-0.4, -0.2) is 18.1 Å². The average molecular weight is 302 g/mol. The molecule has 0 aliphatic rings. The van der Waals surface area contributed by atoms with Crippen molar-refractivity contribution in [2.24, 2.45) is 0 Å². The summed E-state index contributed by atoms with van der Waals surface area (Å²) in [7, 11) is 1.32. The molecule has 6 heteroatoms. The van der Waals surface area contributed by atoms with Crippen LogP contribution in [0.25, 0.3) is 0 Å². The smallest absolute Gasteiger partial charge is 0.339 e.